The highest BCUT2D eigenvalue weighted by atomic mass is 16.6. The van der Waals surface area contributed by atoms with Gasteiger partial charge in [-0.15, -0.1) is 0 Å². The molecule has 2 rings (SSSR count). The first-order valence-electron chi connectivity index (χ1n) is 9.12. The smallest absolute Gasteiger partial charge is 0.338 e. The number of carbonyl (C=O) groups is 3. The molecule has 0 atom stereocenters. The van der Waals surface area contributed by atoms with Crippen molar-refractivity contribution in [1.82, 2.24) is 10.2 Å². The van der Waals surface area contributed by atoms with E-state index in [1.54, 1.807) is 13.8 Å². The molecule has 152 valence electrons. The van der Waals surface area contributed by atoms with Crippen LogP contribution in [0.5, 0.6) is 0 Å². The van der Waals surface area contributed by atoms with Crippen LogP contribution in [0.2, 0.25) is 0 Å². The zero-order chi connectivity index (χ0) is 20.7. The van der Waals surface area contributed by atoms with E-state index in [1.165, 1.54) is 17.0 Å². The van der Waals surface area contributed by atoms with E-state index in [-0.39, 0.29) is 36.3 Å². The first-order valence-corrected chi connectivity index (χ1v) is 9.12. The van der Waals surface area contributed by atoms with Crippen LogP contribution >= 0.6 is 0 Å². The number of hydrogen-bond acceptors (Lipinski definition) is 7. The second-order valence-corrected chi connectivity index (χ2v) is 6.35. The lowest BCUT2D eigenvalue weighted by Crippen LogP contribution is -2.42. The number of hydrogen-bond donors (Lipinski definition) is 2. The summed E-state index contributed by atoms with van der Waals surface area (Å²) in [7, 11) is 0. The highest BCUT2D eigenvalue weighted by molar-refractivity contribution is 5.93. The Morgan fingerprint density at radius 2 is 2.00 bits per heavy atom. The Balaban J connectivity index is 1.97. The number of carbonyl (C=O) groups excluding carboxylic acids is 3. The van der Waals surface area contributed by atoms with Crippen LogP contribution < -0.4 is 10.6 Å². The molecule has 1 aliphatic carbocycles. The van der Waals surface area contributed by atoms with Crippen LogP contribution in [0.1, 0.15) is 37.0 Å². The minimum Gasteiger partial charge on any atom is -0.452 e. The van der Waals surface area contributed by atoms with Crippen molar-refractivity contribution < 1.29 is 24.0 Å². The highest BCUT2D eigenvalue weighted by Crippen LogP contribution is 2.31. The maximum Gasteiger partial charge on any atom is 0.338 e. The van der Waals surface area contributed by atoms with Gasteiger partial charge in [0, 0.05) is 25.2 Å². The Kier molecular flexibility index (Phi) is 7.30. The Morgan fingerprint density at radius 1 is 1.29 bits per heavy atom. The molecule has 1 fully saturated rings. The molecule has 0 spiro atoms. The Morgan fingerprint density at radius 3 is 2.57 bits per heavy atom. The summed E-state index contributed by atoms with van der Waals surface area (Å²) in [6, 6.07) is 4.22. The van der Waals surface area contributed by atoms with Crippen LogP contribution in [0.3, 0.4) is 0 Å². The van der Waals surface area contributed by atoms with Crippen LogP contribution in [-0.2, 0) is 14.3 Å². The van der Waals surface area contributed by atoms with E-state index in [1.807, 2.05) is 0 Å². The van der Waals surface area contributed by atoms with Gasteiger partial charge >= 0.3 is 5.97 Å². The molecule has 10 heteroatoms. The van der Waals surface area contributed by atoms with Crippen molar-refractivity contribution in [1.29, 1.82) is 0 Å². The summed E-state index contributed by atoms with van der Waals surface area (Å²) in [6.07, 6.45) is 1.90. The van der Waals surface area contributed by atoms with Gasteiger partial charge < -0.3 is 20.3 Å². The second kappa shape index (κ2) is 9.67. The molecule has 2 N–H and O–H groups in total. The van der Waals surface area contributed by atoms with Crippen molar-refractivity contribution in [2.24, 2.45) is 0 Å². The van der Waals surface area contributed by atoms with Crippen LogP contribution in [0.15, 0.2) is 18.2 Å². The van der Waals surface area contributed by atoms with Gasteiger partial charge in [0.05, 0.1) is 17.0 Å². The van der Waals surface area contributed by atoms with E-state index in [0.717, 1.165) is 18.9 Å². The van der Waals surface area contributed by atoms with Gasteiger partial charge in [0.1, 0.15) is 5.69 Å². The third kappa shape index (κ3) is 5.93. The van der Waals surface area contributed by atoms with E-state index in [4.69, 9.17) is 4.74 Å². The van der Waals surface area contributed by atoms with Gasteiger partial charge in [0.15, 0.2) is 6.61 Å². The van der Waals surface area contributed by atoms with Crippen molar-refractivity contribution in [3.63, 3.8) is 0 Å². The van der Waals surface area contributed by atoms with Gasteiger partial charge in [-0.3, -0.25) is 19.7 Å². The zero-order valence-corrected chi connectivity index (χ0v) is 15.9. The van der Waals surface area contributed by atoms with Crippen molar-refractivity contribution >= 4 is 29.2 Å². The molecule has 1 aromatic rings. The standard InChI is InChI=1S/C18H24N4O6/c1-3-19-16(23)10-21(4-2)17(24)11-28-18(25)12-5-8-14(20-13-6-7-13)15(9-12)22(26)27/h5,8-9,13,20H,3-4,6-7,10-11H2,1-2H3,(H,19,23). The molecule has 1 aromatic carbocycles. The van der Waals surface area contributed by atoms with Crippen molar-refractivity contribution in [2.45, 2.75) is 32.7 Å². The topological polar surface area (TPSA) is 131 Å². The Labute approximate surface area is 162 Å². The monoisotopic (exact) mass is 392 g/mol. The van der Waals surface area contributed by atoms with E-state index in [9.17, 15) is 24.5 Å². The van der Waals surface area contributed by atoms with Crippen LogP contribution in [0.4, 0.5) is 11.4 Å². The highest BCUT2D eigenvalue weighted by Gasteiger charge is 2.26. The summed E-state index contributed by atoms with van der Waals surface area (Å²) in [5.74, 6) is -1.68. The molecule has 1 aliphatic rings. The fraction of sp³-hybridized carbons (Fsp3) is 0.500. The predicted molar refractivity (Wildman–Crippen MR) is 101 cm³/mol. The number of rotatable bonds is 10. The van der Waals surface area contributed by atoms with Gasteiger partial charge in [-0.25, -0.2) is 4.79 Å². The molecule has 2 amide bonds. The van der Waals surface area contributed by atoms with E-state index >= 15 is 0 Å². The lowest BCUT2D eigenvalue weighted by molar-refractivity contribution is -0.384. The van der Waals surface area contributed by atoms with Gasteiger partial charge in [-0.1, -0.05) is 0 Å². The first-order chi connectivity index (χ1) is 13.3. The molecule has 0 aliphatic heterocycles. The number of amides is 2. The molecule has 0 radical (unpaired) electrons. The number of anilines is 1. The summed E-state index contributed by atoms with van der Waals surface area (Å²) in [5, 5.41) is 16.9. The van der Waals surface area contributed by atoms with Crippen LogP contribution in [-0.4, -0.2) is 59.9 Å². The molecule has 0 unspecified atom stereocenters. The average molecular weight is 392 g/mol. The van der Waals surface area contributed by atoms with Crippen molar-refractivity contribution in [3.05, 3.63) is 33.9 Å². The van der Waals surface area contributed by atoms with E-state index < -0.39 is 23.4 Å². The predicted octanol–water partition coefficient (Wildman–Crippen LogP) is 1.31. The third-order valence-electron chi connectivity index (χ3n) is 4.14. The Hall–Kier alpha value is -3.17. The summed E-state index contributed by atoms with van der Waals surface area (Å²) in [5.41, 5.74) is 0.103. The maximum atomic E-state index is 12.2. The average Bonchev–Trinajstić information content (AvgIpc) is 3.48. The first kappa shape index (κ1) is 21.1. The fourth-order valence-corrected chi connectivity index (χ4v) is 2.48. The summed E-state index contributed by atoms with van der Waals surface area (Å²) in [6.45, 7) is 3.51. The van der Waals surface area contributed by atoms with Crippen molar-refractivity contribution in [3.8, 4) is 0 Å². The number of nitrogens with one attached hydrogen (secondary N) is 2. The molecule has 28 heavy (non-hydrogen) atoms. The lowest BCUT2D eigenvalue weighted by Gasteiger charge is -2.20. The Bertz CT molecular complexity index is 762. The summed E-state index contributed by atoms with van der Waals surface area (Å²) < 4.78 is 4.98. The van der Waals surface area contributed by atoms with E-state index in [0.29, 0.717) is 12.2 Å². The van der Waals surface area contributed by atoms with Gasteiger partial charge in [0.25, 0.3) is 11.6 Å². The molecule has 0 saturated heterocycles. The third-order valence-corrected chi connectivity index (χ3v) is 4.14. The number of nitro groups is 1. The largest absolute Gasteiger partial charge is 0.452 e. The number of nitrogens with zero attached hydrogens (tertiary/aromatic N) is 2. The van der Waals surface area contributed by atoms with Crippen LogP contribution in [0, 0.1) is 10.1 Å². The molecular formula is C18H24N4O6. The maximum absolute atomic E-state index is 12.2. The minimum atomic E-state index is -0.844. The number of benzene rings is 1. The normalized spacial score (nSPS) is 12.8. The number of ether oxygens (including phenoxy) is 1. The summed E-state index contributed by atoms with van der Waals surface area (Å²) in [4.78, 5) is 47.9. The second-order valence-electron chi connectivity index (χ2n) is 6.35. The SMILES string of the molecule is CCNC(=O)CN(CC)C(=O)COC(=O)c1ccc(NC2CC2)c([N+](=O)[O-])c1. The molecular weight excluding hydrogens is 368 g/mol. The quantitative estimate of drug-likeness (QED) is 0.349. The lowest BCUT2D eigenvalue weighted by atomic mass is 10.1. The van der Waals surface area contributed by atoms with Gasteiger partial charge in [-0.05, 0) is 38.8 Å². The zero-order valence-electron chi connectivity index (χ0n) is 15.9. The molecule has 0 bridgehead atoms. The van der Waals surface area contributed by atoms with Crippen LogP contribution in [0.25, 0.3) is 0 Å². The van der Waals surface area contributed by atoms with Gasteiger partial charge in [0.2, 0.25) is 5.91 Å². The number of likely N-dealkylation sites (N-methyl/N-ethyl adjacent to an activating group) is 2. The number of esters is 1. The molecule has 0 heterocycles. The summed E-state index contributed by atoms with van der Waals surface area (Å²) >= 11 is 0. The van der Waals surface area contributed by atoms with E-state index in [2.05, 4.69) is 10.6 Å². The molecule has 10 nitrogen and oxygen atoms in total. The fourth-order valence-electron chi connectivity index (χ4n) is 2.48. The number of nitro benzene ring substituents is 1. The molecule has 0 aromatic heterocycles. The van der Waals surface area contributed by atoms with Crippen molar-refractivity contribution in [2.75, 3.05) is 31.6 Å². The van der Waals surface area contributed by atoms with Gasteiger partial charge in [-0.2, -0.15) is 0 Å². The molecule has 1 saturated carbocycles. The minimum absolute atomic E-state index is 0.0207.